The molecule has 1 fully saturated rings. The van der Waals surface area contributed by atoms with Crippen LogP contribution in [-0.4, -0.2) is 41.9 Å². The second-order valence-electron chi connectivity index (χ2n) is 6.18. The molecule has 0 aliphatic carbocycles. The van der Waals surface area contributed by atoms with Crippen molar-refractivity contribution in [2.75, 3.05) is 26.2 Å². The summed E-state index contributed by atoms with van der Waals surface area (Å²) in [5, 5.41) is 0.833. The summed E-state index contributed by atoms with van der Waals surface area (Å²) in [4.78, 5) is 16.8. The quantitative estimate of drug-likeness (QED) is 0.783. The number of hydrogen-bond donors (Lipinski definition) is 0. The van der Waals surface area contributed by atoms with Crippen molar-refractivity contribution < 1.29 is 9.18 Å². The molecule has 2 aromatic rings. The van der Waals surface area contributed by atoms with Gasteiger partial charge < -0.3 is 4.90 Å². The Kier molecular flexibility index (Phi) is 5.94. The van der Waals surface area contributed by atoms with E-state index >= 15 is 0 Å². The van der Waals surface area contributed by atoms with E-state index in [2.05, 4.69) is 4.90 Å². The van der Waals surface area contributed by atoms with Crippen molar-refractivity contribution >= 4 is 29.1 Å². The number of carbonyl (C=O) groups excluding carboxylic acids is 1. The van der Waals surface area contributed by atoms with Crippen LogP contribution < -0.4 is 0 Å². The summed E-state index contributed by atoms with van der Waals surface area (Å²) in [6.07, 6.45) is 0.897. The molecule has 0 N–H and O–H groups in total. The minimum Gasteiger partial charge on any atom is -0.337 e. The summed E-state index contributed by atoms with van der Waals surface area (Å²) in [5.74, 6) is -0.250. The average molecular weight is 381 g/mol. The van der Waals surface area contributed by atoms with Gasteiger partial charge in [0.1, 0.15) is 5.82 Å². The lowest BCUT2D eigenvalue weighted by Gasteiger charge is -2.22. The first kappa shape index (κ1) is 18.2. The van der Waals surface area contributed by atoms with E-state index in [0.29, 0.717) is 28.7 Å². The van der Waals surface area contributed by atoms with Crippen molar-refractivity contribution in [2.45, 2.75) is 13.0 Å². The summed E-state index contributed by atoms with van der Waals surface area (Å²) >= 11 is 11.9. The van der Waals surface area contributed by atoms with Crippen molar-refractivity contribution in [1.82, 2.24) is 9.80 Å². The lowest BCUT2D eigenvalue weighted by Crippen LogP contribution is -2.35. The maximum atomic E-state index is 13.0. The maximum absolute atomic E-state index is 13.0. The van der Waals surface area contributed by atoms with Gasteiger partial charge in [0.05, 0.1) is 10.0 Å². The first-order valence-electron chi connectivity index (χ1n) is 8.24. The molecule has 1 heterocycles. The molecule has 3 rings (SSSR count). The fourth-order valence-corrected chi connectivity index (χ4v) is 3.29. The number of carbonyl (C=O) groups is 1. The normalized spacial score (nSPS) is 15.9. The molecule has 0 aromatic heterocycles. The van der Waals surface area contributed by atoms with E-state index in [0.717, 1.165) is 31.6 Å². The van der Waals surface area contributed by atoms with Crippen LogP contribution in [0.15, 0.2) is 42.5 Å². The molecule has 3 nitrogen and oxygen atoms in total. The van der Waals surface area contributed by atoms with E-state index in [1.807, 2.05) is 4.90 Å². The Morgan fingerprint density at radius 1 is 0.960 bits per heavy atom. The van der Waals surface area contributed by atoms with E-state index < -0.39 is 0 Å². The van der Waals surface area contributed by atoms with Crippen LogP contribution in [0.4, 0.5) is 4.39 Å². The maximum Gasteiger partial charge on any atom is 0.253 e. The number of benzene rings is 2. The van der Waals surface area contributed by atoms with Gasteiger partial charge >= 0.3 is 0 Å². The van der Waals surface area contributed by atoms with Gasteiger partial charge in [-0.15, -0.1) is 0 Å². The third-order valence-electron chi connectivity index (χ3n) is 4.36. The Morgan fingerprint density at radius 2 is 1.72 bits per heavy atom. The van der Waals surface area contributed by atoms with Gasteiger partial charge in [0.2, 0.25) is 0 Å². The predicted molar refractivity (Wildman–Crippen MR) is 98.7 cm³/mol. The van der Waals surface area contributed by atoms with E-state index in [9.17, 15) is 9.18 Å². The second kappa shape index (κ2) is 8.17. The molecule has 0 atom stereocenters. The van der Waals surface area contributed by atoms with E-state index in [4.69, 9.17) is 23.2 Å². The summed E-state index contributed by atoms with van der Waals surface area (Å²) < 4.78 is 13.0. The highest BCUT2D eigenvalue weighted by Gasteiger charge is 2.21. The Hall–Kier alpha value is -1.62. The molecule has 1 aliphatic rings. The van der Waals surface area contributed by atoms with E-state index in [1.165, 1.54) is 12.1 Å². The molecule has 25 heavy (non-hydrogen) atoms. The summed E-state index contributed by atoms with van der Waals surface area (Å²) in [6.45, 7) is 3.81. The van der Waals surface area contributed by atoms with Crippen molar-refractivity contribution in [3.8, 4) is 0 Å². The van der Waals surface area contributed by atoms with Gasteiger partial charge in [-0.2, -0.15) is 0 Å². The fourth-order valence-electron chi connectivity index (χ4n) is 2.99. The third-order valence-corrected chi connectivity index (χ3v) is 5.10. The summed E-state index contributed by atoms with van der Waals surface area (Å²) in [6, 6.07) is 11.5. The zero-order chi connectivity index (χ0) is 17.8. The monoisotopic (exact) mass is 380 g/mol. The molecular formula is C19H19Cl2FN2O. The predicted octanol–water partition coefficient (Wildman–Crippen LogP) is 4.48. The van der Waals surface area contributed by atoms with Crippen LogP contribution in [0.5, 0.6) is 0 Å². The van der Waals surface area contributed by atoms with Crippen LogP contribution in [0.25, 0.3) is 0 Å². The molecule has 0 spiro atoms. The Bertz CT molecular complexity index is 752. The van der Waals surface area contributed by atoms with Crippen molar-refractivity contribution in [1.29, 1.82) is 0 Å². The Balaban J connectivity index is 1.61. The Labute approximate surface area is 156 Å². The molecule has 2 aromatic carbocycles. The zero-order valence-corrected chi connectivity index (χ0v) is 15.2. The van der Waals surface area contributed by atoms with Crippen molar-refractivity contribution in [2.24, 2.45) is 0 Å². The highest BCUT2D eigenvalue weighted by Crippen LogP contribution is 2.23. The largest absolute Gasteiger partial charge is 0.337 e. The number of rotatable bonds is 3. The van der Waals surface area contributed by atoms with Gasteiger partial charge in [0.15, 0.2) is 0 Å². The Morgan fingerprint density at radius 3 is 2.44 bits per heavy atom. The van der Waals surface area contributed by atoms with E-state index in [1.54, 1.807) is 30.3 Å². The smallest absolute Gasteiger partial charge is 0.253 e. The third kappa shape index (κ3) is 4.72. The van der Waals surface area contributed by atoms with E-state index in [-0.39, 0.29) is 11.7 Å². The lowest BCUT2D eigenvalue weighted by atomic mass is 10.2. The van der Waals surface area contributed by atoms with Gasteiger partial charge in [-0.1, -0.05) is 35.3 Å². The van der Waals surface area contributed by atoms with Crippen LogP contribution in [0, 0.1) is 5.82 Å². The van der Waals surface area contributed by atoms with Gasteiger partial charge in [-0.05, 0) is 42.3 Å². The van der Waals surface area contributed by atoms with Gasteiger partial charge in [-0.3, -0.25) is 9.69 Å². The number of hydrogen-bond acceptors (Lipinski definition) is 2. The average Bonchev–Trinajstić information content (AvgIpc) is 2.84. The summed E-state index contributed by atoms with van der Waals surface area (Å²) in [7, 11) is 0. The van der Waals surface area contributed by atoms with Crippen molar-refractivity contribution in [3.63, 3.8) is 0 Å². The molecular weight excluding hydrogens is 362 g/mol. The van der Waals surface area contributed by atoms with Crippen LogP contribution in [0.3, 0.4) is 0 Å². The zero-order valence-electron chi connectivity index (χ0n) is 13.7. The molecule has 0 unspecified atom stereocenters. The standard InChI is InChI=1S/C19H19Cl2FN2O/c20-17-7-4-15(12-18(17)21)19(25)24-9-1-8-23(10-11-24)13-14-2-5-16(22)6-3-14/h2-7,12H,1,8-11,13H2. The molecule has 1 aliphatic heterocycles. The first-order chi connectivity index (χ1) is 12.0. The fraction of sp³-hybridized carbons (Fsp3) is 0.316. The van der Waals surface area contributed by atoms with Gasteiger partial charge in [-0.25, -0.2) is 4.39 Å². The molecule has 6 heteroatoms. The van der Waals surface area contributed by atoms with Crippen LogP contribution >= 0.6 is 23.2 Å². The highest BCUT2D eigenvalue weighted by molar-refractivity contribution is 6.42. The topological polar surface area (TPSA) is 23.6 Å². The molecule has 1 saturated heterocycles. The van der Waals surface area contributed by atoms with Gasteiger partial charge in [0.25, 0.3) is 5.91 Å². The van der Waals surface area contributed by atoms with Crippen LogP contribution in [0.2, 0.25) is 10.0 Å². The SMILES string of the molecule is O=C(c1ccc(Cl)c(Cl)c1)N1CCCN(Cc2ccc(F)cc2)CC1. The number of amides is 1. The van der Waals surface area contributed by atoms with Crippen LogP contribution in [-0.2, 0) is 6.54 Å². The second-order valence-corrected chi connectivity index (χ2v) is 6.99. The number of nitrogens with zero attached hydrogens (tertiary/aromatic N) is 2. The molecule has 0 bridgehead atoms. The number of halogens is 3. The minimum absolute atomic E-state index is 0.0257. The highest BCUT2D eigenvalue weighted by atomic mass is 35.5. The summed E-state index contributed by atoms with van der Waals surface area (Å²) in [5.41, 5.74) is 1.63. The van der Waals surface area contributed by atoms with Crippen LogP contribution in [0.1, 0.15) is 22.3 Å². The lowest BCUT2D eigenvalue weighted by molar-refractivity contribution is 0.0761. The van der Waals surface area contributed by atoms with Gasteiger partial charge in [0, 0.05) is 38.3 Å². The minimum atomic E-state index is -0.224. The molecule has 0 saturated carbocycles. The molecule has 1 amide bonds. The van der Waals surface area contributed by atoms with Crippen molar-refractivity contribution in [3.05, 3.63) is 69.5 Å². The molecule has 132 valence electrons. The molecule has 0 radical (unpaired) electrons. The first-order valence-corrected chi connectivity index (χ1v) is 8.99.